The van der Waals surface area contributed by atoms with Gasteiger partial charge in [0.15, 0.2) is 11.6 Å². The zero-order chi connectivity index (χ0) is 31.0. The van der Waals surface area contributed by atoms with Gasteiger partial charge in [0, 0.05) is 24.4 Å². The molecule has 226 valence electrons. The second kappa shape index (κ2) is 11.8. The lowest BCUT2D eigenvalue weighted by Crippen LogP contribution is -2.31. The van der Waals surface area contributed by atoms with Crippen molar-refractivity contribution in [1.82, 2.24) is 14.5 Å². The van der Waals surface area contributed by atoms with E-state index in [0.29, 0.717) is 55.1 Å². The number of para-hydroxylation sites is 1. The fourth-order valence-corrected chi connectivity index (χ4v) is 6.43. The molecule has 7 rings (SSSR count). The minimum Gasteiger partial charge on any atom is -0.487 e. The minimum absolute atomic E-state index is 0.294. The third-order valence-electron chi connectivity index (χ3n) is 8.87. The van der Waals surface area contributed by atoms with Gasteiger partial charge in [-0.25, -0.2) is 18.7 Å². The number of hydrogen-bond donors (Lipinski definition) is 1. The standard InChI is InChI=1S/C37H31F2N3O3/c38-30-14-11-27(19-31(30)39)26-8-5-6-24(18-26)22-42-34-15-13-29(45-23-28-12-10-25-7-1-2-9-32(25)40-28)20-33(34)41-35(42)21-37(36(43)44)16-3-4-17-37/h1-2,5-15,18-20H,3-4,16-17,21-23H2,(H,43,44). The summed E-state index contributed by atoms with van der Waals surface area (Å²) in [5.41, 5.74) is 4.70. The molecule has 6 nitrogen and oxygen atoms in total. The predicted molar refractivity (Wildman–Crippen MR) is 169 cm³/mol. The number of carboxylic acid groups (broad SMARTS) is 1. The van der Waals surface area contributed by atoms with E-state index in [1.165, 1.54) is 6.07 Å². The van der Waals surface area contributed by atoms with Crippen LogP contribution in [0.5, 0.6) is 5.75 Å². The van der Waals surface area contributed by atoms with Crippen molar-refractivity contribution in [2.75, 3.05) is 0 Å². The quantitative estimate of drug-likeness (QED) is 0.180. The van der Waals surface area contributed by atoms with Gasteiger partial charge in [-0.1, -0.05) is 61.4 Å². The summed E-state index contributed by atoms with van der Waals surface area (Å²) in [6.07, 6.45) is 3.30. The molecule has 0 spiro atoms. The molecule has 0 radical (unpaired) electrons. The molecule has 8 heteroatoms. The Labute approximate surface area is 259 Å². The maximum Gasteiger partial charge on any atom is 0.310 e. The highest BCUT2D eigenvalue weighted by atomic mass is 19.2. The van der Waals surface area contributed by atoms with E-state index >= 15 is 0 Å². The normalized spacial score (nSPS) is 14.3. The van der Waals surface area contributed by atoms with Crippen molar-refractivity contribution in [1.29, 1.82) is 0 Å². The van der Waals surface area contributed by atoms with Crippen molar-refractivity contribution in [3.05, 3.63) is 126 Å². The number of benzene rings is 4. The summed E-state index contributed by atoms with van der Waals surface area (Å²) in [4.78, 5) is 22.2. The van der Waals surface area contributed by atoms with Crippen molar-refractivity contribution >= 4 is 27.9 Å². The molecule has 4 aromatic carbocycles. The summed E-state index contributed by atoms with van der Waals surface area (Å²) in [5.74, 6) is -1.24. The average Bonchev–Trinajstić information content (AvgIpc) is 3.66. The van der Waals surface area contributed by atoms with E-state index in [-0.39, 0.29) is 0 Å². The Hall–Kier alpha value is -5.11. The summed E-state index contributed by atoms with van der Waals surface area (Å²) >= 11 is 0. The summed E-state index contributed by atoms with van der Waals surface area (Å²) in [7, 11) is 0. The first kappa shape index (κ1) is 28.6. The molecule has 1 fully saturated rings. The van der Waals surface area contributed by atoms with Gasteiger partial charge >= 0.3 is 5.97 Å². The number of nitrogens with zero attached hydrogens (tertiary/aromatic N) is 3. The predicted octanol–water partition coefficient (Wildman–Crippen LogP) is 8.34. The molecule has 6 aromatic rings. The van der Waals surface area contributed by atoms with Crippen LogP contribution in [0.2, 0.25) is 0 Å². The van der Waals surface area contributed by atoms with Crippen LogP contribution < -0.4 is 4.74 Å². The van der Waals surface area contributed by atoms with Crippen molar-refractivity contribution in [3.63, 3.8) is 0 Å². The Bertz CT molecular complexity index is 2050. The topological polar surface area (TPSA) is 77.2 Å². The van der Waals surface area contributed by atoms with Crippen LogP contribution in [0.4, 0.5) is 8.78 Å². The lowest BCUT2D eigenvalue weighted by Gasteiger charge is -2.24. The van der Waals surface area contributed by atoms with E-state index in [1.54, 1.807) is 6.07 Å². The molecule has 0 amide bonds. The number of aliphatic carboxylic acids is 1. The summed E-state index contributed by atoms with van der Waals surface area (Å²) in [6, 6.07) is 29.2. The molecule has 0 atom stereocenters. The highest BCUT2D eigenvalue weighted by molar-refractivity contribution is 5.80. The van der Waals surface area contributed by atoms with Gasteiger partial charge in [-0.15, -0.1) is 0 Å². The fourth-order valence-electron chi connectivity index (χ4n) is 6.43. The van der Waals surface area contributed by atoms with Crippen LogP contribution in [0.25, 0.3) is 33.1 Å². The van der Waals surface area contributed by atoms with E-state index in [9.17, 15) is 18.7 Å². The number of carbonyl (C=O) groups is 1. The Morgan fingerprint density at radius 2 is 1.64 bits per heavy atom. The minimum atomic E-state index is -0.897. The highest BCUT2D eigenvalue weighted by Crippen LogP contribution is 2.42. The van der Waals surface area contributed by atoms with Crippen LogP contribution in [0.1, 0.15) is 42.8 Å². The number of ether oxygens (including phenoxy) is 1. The fraction of sp³-hybridized carbons (Fsp3) is 0.216. The Morgan fingerprint density at radius 1 is 0.822 bits per heavy atom. The van der Waals surface area contributed by atoms with Crippen molar-refractivity contribution in [2.45, 2.75) is 45.3 Å². The number of imidazole rings is 1. The summed E-state index contributed by atoms with van der Waals surface area (Å²) in [5, 5.41) is 11.3. The molecule has 45 heavy (non-hydrogen) atoms. The number of rotatable bonds is 9. The lowest BCUT2D eigenvalue weighted by molar-refractivity contribution is -0.148. The van der Waals surface area contributed by atoms with Crippen LogP contribution >= 0.6 is 0 Å². The SMILES string of the molecule is O=C(O)C1(Cc2nc3cc(OCc4ccc5ccccc5n4)ccc3n2Cc2cccc(-c3ccc(F)c(F)c3)c2)CCCC1. The maximum atomic E-state index is 14.0. The summed E-state index contributed by atoms with van der Waals surface area (Å²) in [6.45, 7) is 0.725. The van der Waals surface area contributed by atoms with Gasteiger partial charge in [0.2, 0.25) is 0 Å². The van der Waals surface area contributed by atoms with Gasteiger partial charge < -0.3 is 14.4 Å². The molecule has 1 aliphatic carbocycles. The molecule has 0 aliphatic heterocycles. The van der Waals surface area contributed by atoms with Crippen molar-refractivity contribution in [2.24, 2.45) is 5.41 Å². The number of hydrogen-bond acceptors (Lipinski definition) is 4. The monoisotopic (exact) mass is 603 g/mol. The van der Waals surface area contributed by atoms with E-state index < -0.39 is 23.0 Å². The van der Waals surface area contributed by atoms with Crippen LogP contribution in [0.3, 0.4) is 0 Å². The molecule has 1 N–H and O–H groups in total. The Balaban J connectivity index is 1.22. The van der Waals surface area contributed by atoms with Crippen LogP contribution in [-0.2, 0) is 24.4 Å². The highest BCUT2D eigenvalue weighted by Gasteiger charge is 2.42. The maximum absolute atomic E-state index is 14.0. The van der Waals surface area contributed by atoms with Gasteiger partial charge in [0.1, 0.15) is 18.2 Å². The zero-order valence-electron chi connectivity index (χ0n) is 24.5. The Morgan fingerprint density at radius 3 is 2.47 bits per heavy atom. The molecule has 0 saturated heterocycles. The Kier molecular flexibility index (Phi) is 7.49. The van der Waals surface area contributed by atoms with Gasteiger partial charge in [-0.3, -0.25) is 4.79 Å². The van der Waals surface area contributed by atoms with E-state index in [2.05, 4.69) is 4.57 Å². The van der Waals surface area contributed by atoms with Gasteiger partial charge in [0.25, 0.3) is 0 Å². The number of halogens is 2. The first-order chi connectivity index (χ1) is 21.9. The van der Waals surface area contributed by atoms with Gasteiger partial charge in [-0.05, 0) is 72.0 Å². The van der Waals surface area contributed by atoms with Gasteiger partial charge in [0.05, 0.1) is 27.7 Å². The molecule has 1 saturated carbocycles. The number of carboxylic acids is 1. The van der Waals surface area contributed by atoms with Gasteiger partial charge in [-0.2, -0.15) is 0 Å². The summed E-state index contributed by atoms with van der Waals surface area (Å²) < 4.78 is 35.8. The molecule has 2 aromatic heterocycles. The number of fused-ring (bicyclic) bond motifs is 2. The van der Waals surface area contributed by atoms with Crippen molar-refractivity contribution in [3.8, 4) is 16.9 Å². The number of pyridine rings is 1. The van der Waals surface area contributed by atoms with Crippen LogP contribution in [0.15, 0.2) is 97.1 Å². The average molecular weight is 604 g/mol. The van der Waals surface area contributed by atoms with E-state index in [1.807, 2.05) is 78.9 Å². The molecular formula is C37H31F2N3O3. The van der Waals surface area contributed by atoms with E-state index in [4.69, 9.17) is 14.7 Å². The molecular weight excluding hydrogens is 572 g/mol. The lowest BCUT2D eigenvalue weighted by atomic mass is 9.82. The molecule has 2 heterocycles. The second-order valence-corrected chi connectivity index (χ2v) is 11.8. The van der Waals surface area contributed by atoms with Crippen LogP contribution in [0, 0.1) is 17.0 Å². The zero-order valence-corrected chi connectivity index (χ0v) is 24.5. The molecule has 1 aliphatic rings. The first-order valence-corrected chi connectivity index (χ1v) is 15.1. The third-order valence-corrected chi connectivity index (χ3v) is 8.87. The smallest absolute Gasteiger partial charge is 0.310 e. The van der Waals surface area contributed by atoms with Crippen molar-refractivity contribution < 1.29 is 23.4 Å². The largest absolute Gasteiger partial charge is 0.487 e. The van der Waals surface area contributed by atoms with E-state index in [0.717, 1.165) is 52.1 Å². The molecule has 0 bridgehead atoms. The third kappa shape index (κ3) is 5.76. The van der Waals surface area contributed by atoms with Crippen LogP contribution in [-0.4, -0.2) is 25.6 Å². The first-order valence-electron chi connectivity index (χ1n) is 15.1. The number of aromatic nitrogens is 3. The second-order valence-electron chi connectivity index (χ2n) is 11.8. The molecule has 0 unspecified atom stereocenters.